The summed E-state index contributed by atoms with van der Waals surface area (Å²) in [4.78, 5) is 12.7. The van der Waals surface area contributed by atoms with Gasteiger partial charge >= 0.3 is 0 Å². The lowest BCUT2D eigenvalue weighted by Gasteiger charge is -2.26. The molecule has 1 atom stereocenters. The number of carbonyl (C=O) groups excluding carboxylic acids is 1. The molecule has 1 aliphatic carbocycles. The van der Waals surface area contributed by atoms with Crippen LogP contribution in [0.3, 0.4) is 0 Å². The van der Waals surface area contributed by atoms with E-state index in [1.54, 1.807) is 6.07 Å². The molecule has 2 aromatic carbocycles. The summed E-state index contributed by atoms with van der Waals surface area (Å²) in [6, 6.07) is 17.9. The number of H-pyrrole nitrogens is 1. The molecule has 3 aromatic rings. The second-order valence-corrected chi connectivity index (χ2v) is 6.74. The molecule has 1 aromatic heterocycles. The van der Waals surface area contributed by atoms with Gasteiger partial charge in [-0.25, -0.2) is 0 Å². The third kappa shape index (κ3) is 3.72. The van der Waals surface area contributed by atoms with Gasteiger partial charge in [0.2, 0.25) is 0 Å². The zero-order chi connectivity index (χ0) is 18.6. The Morgan fingerprint density at radius 2 is 2.04 bits per heavy atom. The molecule has 0 aliphatic heterocycles. The minimum absolute atomic E-state index is 0.0553. The van der Waals surface area contributed by atoms with Crippen LogP contribution in [0.2, 0.25) is 0 Å². The summed E-state index contributed by atoms with van der Waals surface area (Å²) < 4.78 is 5.46. The molecule has 4 rings (SSSR count). The molecule has 0 bridgehead atoms. The number of aromatic nitrogens is 2. The number of aromatic amines is 1. The summed E-state index contributed by atoms with van der Waals surface area (Å²) in [5, 5.41) is 10.3. The van der Waals surface area contributed by atoms with Gasteiger partial charge in [0.05, 0.1) is 18.3 Å². The molecule has 5 heteroatoms. The van der Waals surface area contributed by atoms with E-state index >= 15 is 0 Å². The summed E-state index contributed by atoms with van der Waals surface area (Å²) >= 11 is 0. The molecule has 0 radical (unpaired) electrons. The highest BCUT2D eigenvalue weighted by atomic mass is 16.5. The number of hydrogen-bond acceptors (Lipinski definition) is 3. The van der Waals surface area contributed by atoms with Gasteiger partial charge in [-0.2, -0.15) is 5.10 Å². The van der Waals surface area contributed by atoms with Crippen LogP contribution in [-0.4, -0.2) is 22.7 Å². The summed E-state index contributed by atoms with van der Waals surface area (Å²) in [7, 11) is 0. The third-order valence-electron chi connectivity index (χ3n) is 4.96. The second-order valence-electron chi connectivity index (χ2n) is 6.74. The van der Waals surface area contributed by atoms with E-state index in [9.17, 15) is 4.79 Å². The van der Waals surface area contributed by atoms with E-state index < -0.39 is 0 Å². The molecular weight excluding hydrogens is 338 g/mol. The Balaban J connectivity index is 1.48. The van der Waals surface area contributed by atoms with Crippen molar-refractivity contribution in [3.05, 3.63) is 71.4 Å². The summed E-state index contributed by atoms with van der Waals surface area (Å²) in [6.07, 6.45) is 3.12. The van der Waals surface area contributed by atoms with Crippen LogP contribution in [0, 0.1) is 0 Å². The van der Waals surface area contributed by atoms with E-state index in [1.165, 1.54) is 11.1 Å². The van der Waals surface area contributed by atoms with Gasteiger partial charge in [-0.05, 0) is 67.6 Å². The smallest absolute Gasteiger partial charge is 0.269 e. The Morgan fingerprint density at radius 1 is 1.22 bits per heavy atom. The normalized spacial score (nSPS) is 15.8. The number of nitrogens with one attached hydrogen (secondary N) is 2. The number of rotatable bonds is 5. The molecule has 1 heterocycles. The van der Waals surface area contributed by atoms with Crippen molar-refractivity contribution in [1.82, 2.24) is 15.5 Å². The zero-order valence-electron chi connectivity index (χ0n) is 15.4. The van der Waals surface area contributed by atoms with Crippen molar-refractivity contribution < 1.29 is 9.53 Å². The van der Waals surface area contributed by atoms with Gasteiger partial charge in [0.25, 0.3) is 5.91 Å². The maximum Gasteiger partial charge on any atom is 0.269 e. The first-order chi connectivity index (χ1) is 13.2. The molecule has 1 amide bonds. The maximum atomic E-state index is 12.7. The molecule has 138 valence electrons. The van der Waals surface area contributed by atoms with Gasteiger partial charge in [0, 0.05) is 5.56 Å². The van der Waals surface area contributed by atoms with Crippen molar-refractivity contribution >= 4 is 5.91 Å². The number of carbonyl (C=O) groups is 1. The Kier molecular flexibility index (Phi) is 4.92. The Bertz CT molecular complexity index is 931. The largest absolute Gasteiger partial charge is 0.494 e. The van der Waals surface area contributed by atoms with Crippen molar-refractivity contribution in [2.24, 2.45) is 0 Å². The maximum absolute atomic E-state index is 12.7. The second kappa shape index (κ2) is 7.66. The summed E-state index contributed by atoms with van der Waals surface area (Å²) in [5.74, 6) is 0.701. The quantitative estimate of drug-likeness (QED) is 0.713. The first-order valence-electron chi connectivity index (χ1n) is 9.42. The molecule has 5 nitrogen and oxygen atoms in total. The van der Waals surface area contributed by atoms with Gasteiger partial charge in [0.15, 0.2) is 0 Å². The fourth-order valence-electron chi connectivity index (χ4n) is 3.61. The van der Waals surface area contributed by atoms with E-state index in [-0.39, 0.29) is 11.9 Å². The van der Waals surface area contributed by atoms with Crippen LogP contribution in [0.4, 0.5) is 0 Å². The number of fused-ring (bicyclic) bond motifs is 1. The van der Waals surface area contributed by atoms with E-state index in [0.717, 1.165) is 36.3 Å². The van der Waals surface area contributed by atoms with Crippen molar-refractivity contribution in [3.63, 3.8) is 0 Å². The number of benzene rings is 2. The van der Waals surface area contributed by atoms with Gasteiger partial charge in [-0.1, -0.05) is 24.3 Å². The topological polar surface area (TPSA) is 67.0 Å². The monoisotopic (exact) mass is 361 g/mol. The number of aryl methyl sites for hydroxylation is 1. The number of hydrogen-bond donors (Lipinski definition) is 2. The molecule has 0 fully saturated rings. The highest BCUT2D eigenvalue weighted by Gasteiger charge is 2.22. The van der Waals surface area contributed by atoms with E-state index in [2.05, 4.69) is 33.7 Å². The molecule has 1 unspecified atom stereocenters. The minimum Gasteiger partial charge on any atom is -0.494 e. The lowest BCUT2D eigenvalue weighted by atomic mass is 9.87. The van der Waals surface area contributed by atoms with Crippen LogP contribution in [0.5, 0.6) is 5.75 Å². The van der Waals surface area contributed by atoms with Gasteiger partial charge in [0.1, 0.15) is 11.4 Å². The van der Waals surface area contributed by atoms with Crippen molar-refractivity contribution in [3.8, 4) is 17.0 Å². The highest BCUT2D eigenvalue weighted by molar-refractivity contribution is 5.93. The van der Waals surface area contributed by atoms with Gasteiger partial charge in [-0.15, -0.1) is 0 Å². The first-order valence-corrected chi connectivity index (χ1v) is 9.42. The molecule has 0 spiro atoms. The lowest BCUT2D eigenvalue weighted by molar-refractivity contribution is 0.0927. The first kappa shape index (κ1) is 17.3. The average molecular weight is 361 g/mol. The Morgan fingerprint density at radius 3 is 2.85 bits per heavy atom. The van der Waals surface area contributed by atoms with Crippen LogP contribution in [0.1, 0.15) is 47.4 Å². The fraction of sp³-hybridized carbons (Fsp3) is 0.273. The van der Waals surface area contributed by atoms with Gasteiger partial charge < -0.3 is 10.1 Å². The minimum atomic E-state index is -0.124. The highest BCUT2D eigenvalue weighted by Crippen LogP contribution is 2.29. The van der Waals surface area contributed by atoms with Crippen LogP contribution in [-0.2, 0) is 6.42 Å². The van der Waals surface area contributed by atoms with Gasteiger partial charge in [-0.3, -0.25) is 9.89 Å². The SMILES string of the molecule is CCOc1ccc(-c2cc(C(=O)NC3CCCc4ccccc43)[nH]n2)cc1. The van der Waals surface area contributed by atoms with Crippen LogP contribution in [0.15, 0.2) is 54.6 Å². The summed E-state index contributed by atoms with van der Waals surface area (Å²) in [5.41, 5.74) is 4.71. The predicted molar refractivity (Wildman–Crippen MR) is 105 cm³/mol. The Hall–Kier alpha value is -3.08. The van der Waals surface area contributed by atoms with Crippen molar-refractivity contribution in [1.29, 1.82) is 0 Å². The van der Waals surface area contributed by atoms with E-state index in [1.807, 2.05) is 37.3 Å². The zero-order valence-corrected chi connectivity index (χ0v) is 15.4. The molecular formula is C22H23N3O2. The fourth-order valence-corrected chi connectivity index (χ4v) is 3.61. The molecule has 0 saturated heterocycles. The molecule has 2 N–H and O–H groups in total. The van der Waals surface area contributed by atoms with Crippen LogP contribution < -0.4 is 10.1 Å². The summed E-state index contributed by atoms with van der Waals surface area (Å²) in [6.45, 7) is 2.59. The lowest BCUT2D eigenvalue weighted by Crippen LogP contribution is -2.31. The number of ether oxygens (including phenoxy) is 1. The third-order valence-corrected chi connectivity index (χ3v) is 4.96. The molecule has 27 heavy (non-hydrogen) atoms. The molecule has 0 saturated carbocycles. The predicted octanol–water partition coefficient (Wildman–Crippen LogP) is 4.28. The van der Waals surface area contributed by atoms with Crippen molar-refractivity contribution in [2.75, 3.05) is 6.61 Å². The standard InChI is InChI=1S/C22H23N3O2/c1-2-27-17-12-10-16(11-13-17)20-14-21(25-24-20)22(26)23-19-9-5-7-15-6-3-4-8-18(15)19/h3-4,6,8,10-14,19H,2,5,7,9H2,1H3,(H,23,26)(H,24,25). The van der Waals surface area contributed by atoms with E-state index in [0.29, 0.717) is 12.3 Å². The molecule has 1 aliphatic rings. The van der Waals surface area contributed by atoms with Crippen LogP contribution in [0.25, 0.3) is 11.3 Å². The number of nitrogens with zero attached hydrogens (tertiary/aromatic N) is 1. The van der Waals surface area contributed by atoms with Crippen molar-refractivity contribution in [2.45, 2.75) is 32.2 Å². The Labute approximate surface area is 158 Å². The number of amides is 1. The average Bonchev–Trinajstić information content (AvgIpc) is 3.19. The van der Waals surface area contributed by atoms with Crippen LogP contribution >= 0.6 is 0 Å². The van der Waals surface area contributed by atoms with E-state index in [4.69, 9.17) is 4.74 Å².